The second kappa shape index (κ2) is 6.70. The third-order valence-electron chi connectivity index (χ3n) is 3.97. The van der Waals surface area contributed by atoms with E-state index in [2.05, 4.69) is 52.8 Å². The summed E-state index contributed by atoms with van der Waals surface area (Å²) < 4.78 is 6.29. The normalized spacial score (nSPS) is 17.7. The molecule has 7 nitrogen and oxygen atoms in total. The minimum atomic E-state index is 0.142. The Morgan fingerprint density at radius 3 is 2.73 bits per heavy atom. The standard InChI is InChI=1S/C14H19BrN6O/c1-3-12-18-14(22-19-12)10(2)20-4-6-21(7-5-20)13-11(15)8-16-9-17-13/h8-10H,3-7H2,1-2H3. The monoisotopic (exact) mass is 366 g/mol. The summed E-state index contributed by atoms with van der Waals surface area (Å²) in [6, 6.07) is 0.142. The highest BCUT2D eigenvalue weighted by Gasteiger charge is 2.26. The number of aromatic nitrogens is 4. The van der Waals surface area contributed by atoms with Gasteiger partial charge in [-0.1, -0.05) is 12.1 Å². The molecular formula is C14H19BrN6O. The number of aryl methyl sites for hydroxylation is 1. The van der Waals surface area contributed by atoms with Crippen molar-refractivity contribution in [2.24, 2.45) is 0 Å². The topological polar surface area (TPSA) is 71.2 Å². The zero-order chi connectivity index (χ0) is 15.5. The molecule has 22 heavy (non-hydrogen) atoms. The first-order chi connectivity index (χ1) is 10.7. The second-order valence-electron chi connectivity index (χ2n) is 5.30. The minimum Gasteiger partial charge on any atom is -0.353 e. The molecule has 2 aromatic heterocycles. The molecule has 2 aromatic rings. The average molecular weight is 367 g/mol. The molecule has 1 fully saturated rings. The number of anilines is 1. The maximum atomic E-state index is 5.36. The first-order valence-corrected chi connectivity index (χ1v) is 8.25. The SMILES string of the molecule is CCc1noc(C(C)N2CCN(c3ncncc3Br)CC2)n1. The maximum Gasteiger partial charge on any atom is 0.243 e. The van der Waals surface area contributed by atoms with Crippen molar-refractivity contribution in [1.82, 2.24) is 25.0 Å². The number of piperazine rings is 1. The second-order valence-corrected chi connectivity index (χ2v) is 6.15. The van der Waals surface area contributed by atoms with Crippen molar-refractivity contribution in [1.29, 1.82) is 0 Å². The van der Waals surface area contributed by atoms with Gasteiger partial charge in [0, 0.05) is 38.8 Å². The van der Waals surface area contributed by atoms with Crippen LogP contribution in [0.25, 0.3) is 0 Å². The van der Waals surface area contributed by atoms with E-state index in [1.54, 1.807) is 12.5 Å². The first-order valence-electron chi connectivity index (χ1n) is 7.46. The van der Waals surface area contributed by atoms with Crippen LogP contribution in [0.5, 0.6) is 0 Å². The van der Waals surface area contributed by atoms with E-state index >= 15 is 0 Å². The quantitative estimate of drug-likeness (QED) is 0.819. The van der Waals surface area contributed by atoms with Crippen molar-refractivity contribution in [3.63, 3.8) is 0 Å². The van der Waals surface area contributed by atoms with Gasteiger partial charge >= 0.3 is 0 Å². The molecule has 3 rings (SSSR count). The van der Waals surface area contributed by atoms with Gasteiger partial charge in [0.25, 0.3) is 0 Å². The van der Waals surface area contributed by atoms with Crippen LogP contribution in [0.4, 0.5) is 5.82 Å². The van der Waals surface area contributed by atoms with Crippen LogP contribution in [0.2, 0.25) is 0 Å². The van der Waals surface area contributed by atoms with Crippen molar-refractivity contribution in [2.75, 3.05) is 31.1 Å². The van der Waals surface area contributed by atoms with Gasteiger partial charge in [-0.2, -0.15) is 4.98 Å². The summed E-state index contributed by atoms with van der Waals surface area (Å²) in [7, 11) is 0. The lowest BCUT2D eigenvalue weighted by molar-refractivity contribution is 0.164. The lowest BCUT2D eigenvalue weighted by Gasteiger charge is -2.37. The molecule has 0 bridgehead atoms. The highest BCUT2D eigenvalue weighted by atomic mass is 79.9. The Balaban J connectivity index is 1.63. The summed E-state index contributed by atoms with van der Waals surface area (Å²) in [6.07, 6.45) is 4.16. The lowest BCUT2D eigenvalue weighted by atomic mass is 10.2. The molecule has 0 amide bonds. The van der Waals surface area contributed by atoms with Gasteiger partial charge in [-0.3, -0.25) is 4.90 Å². The van der Waals surface area contributed by atoms with E-state index in [-0.39, 0.29) is 6.04 Å². The van der Waals surface area contributed by atoms with Gasteiger partial charge in [0.1, 0.15) is 12.1 Å². The smallest absolute Gasteiger partial charge is 0.243 e. The van der Waals surface area contributed by atoms with Crippen LogP contribution in [0.3, 0.4) is 0 Å². The molecule has 1 unspecified atom stereocenters. The fourth-order valence-electron chi connectivity index (χ4n) is 2.60. The molecule has 0 aliphatic carbocycles. The van der Waals surface area contributed by atoms with Crippen molar-refractivity contribution >= 4 is 21.7 Å². The molecule has 1 aliphatic rings. The van der Waals surface area contributed by atoms with Crippen LogP contribution < -0.4 is 4.90 Å². The number of halogens is 1. The number of hydrogen-bond donors (Lipinski definition) is 0. The summed E-state index contributed by atoms with van der Waals surface area (Å²) in [5.41, 5.74) is 0. The predicted molar refractivity (Wildman–Crippen MR) is 85.6 cm³/mol. The number of hydrogen-bond acceptors (Lipinski definition) is 7. The summed E-state index contributed by atoms with van der Waals surface area (Å²) in [5.74, 6) is 2.42. The van der Waals surface area contributed by atoms with Crippen LogP contribution in [0.1, 0.15) is 31.6 Å². The molecule has 8 heteroatoms. The summed E-state index contributed by atoms with van der Waals surface area (Å²) in [4.78, 5) is 17.4. The van der Waals surface area contributed by atoms with E-state index < -0.39 is 0 Å². The molecule has 1 atom stereocenters. The lowest BCUT2D eigenvalue weighted by Crippen LogP contribution is -2.47. The average Bonchev–Trinajstić information content (AvgIpc) is 3.04. The molecule has 1 saturated heterocycles. The number of nitrogens with zero attached hydrogens (tertiary/aromatic N) is 6. The minimum absolute atomic E-state index is 0.142. The Bertz CT molecular complexity index is 625. The molecule has 0 spiro atoms. The van der Waals surface area contributed by atoms with Crippen molar-refractivity contribution in [3.8, 4) is 0 Å². The fourth-order valence-corrected chi connectivity index (χ4v) is 3.07. The van der Waals surface area contributed by atoms with Crippen LogP contribution in [0.15, 0.2) is 21.5 Å². The Hall–Kier alpha value is -1.54. The summed E-state index contributed by atoms with van der Waals surface area (Å²) >= 11 is 3.51. The molecule has 0 saturated carbocycles. The molecule has 0 aromatic carbocycles. The van der Waals surface area contributed by atoms with Crippen molar-refractivity contribution < 1.29 is 4.52 Å². The van der Waals surface area contributed by atoms with E-state index in [4.69, 9.17) is 4.52 Å². The predicted octanol–water partition coefficient (Wildman–Crippen LogP) is 2.07. The highest BCUT2D eigenvalue weighted by molar-refractivity contribution is 9.10. The van der Waals surface area contributed by atoms with E-state index in [0.717, 1.165) is 48.7 Å². The van der Waals surface area contributed by atoms with E-state index in [0.29, 0.717) is 5.89 Å². The van der Waals surface area contributed by atoms with E-state index in [1.165, 1.54) is 0 Å². The van der Waals surface area contributed by atoms with Gasteiger partial charge in [0.15, 0.2) is 5.82 Å². The third kappa shape index (κ3) is 3.12. The van der Waals surface area contributed by atoms with Crippen molar-refractivity contribution in [2.45, 2.75) is 26.3 Å². The van der Waals surface area contributed by atoms with Gasteiger partial charge in [-0.25, -0.2) is 9.97 Å². The summed E-state index contributed by atoms with van der Waals surface area (Å²) in [6.45, 7) is 7.83. The van der Waals surface area contributed by atoms with Crippen LogP contribution in [-0.2, 0) is 6.42 Å². The Kier molecular flexibility index (Phi) is 4.68. The molecule has 3 heterocycles. The van der Waals surface area contributed by atoms with Gasteiger partial charge in [-0.15, -0.1) is 0 Å². The van der Waals surface area contributed by atoms with Crippen LogP contribution in [-0.4, -0.2) is 51.2 Å². The maximum absolute atomic E-state index is 5.36. The number of rotatable bonds is 4. The fraction of sp³-hybridized carbons (Fsp3) is 0.571. The molecule has 0 N–H and O–H groups in total. The van der Waals surface area contributed by atoms with Gasteiger partial charge in [0.2, 0.25) is 5.89 Å². The van der Waals surface area contributed by atoms with Gasteiger partial charge in [0.05, 0.1) is 10.5 Å². The Morgan fingerprint density at radius 2 is 2.09 bits per heavy atom. The van der Waals surface area contributed by atoms with Gasteiger partial charge < -0.3 is 9.42 Å². The Labute approximate surface area is 137 Å². The van der Waals surface area contributed by atoms with E-state index in [1.807, 2.05) is 6.92 Å². The van der Waals surface area contributed by atoms with Crippen LogP contribution in [0, 0.1) is 0 Å². The van der Waals surface area contributed by atoms with Crippen LogP contribution >= 0.6 is 15.9 Å². The third-order valence-corrected chi connectivity index (χ3v) is 4.53. The van der Waals surface area contributed by atoms with Crippen molar-refractivity contribution in [3.05, 3.63) is 28.7 Å². The molecule has 1 aliphatic heterocycles. The zero-order valence-electron chi connectivity index (χ0n) is 12.7. The molecular weight excluding hydrogens is 348 g/mol. The van der Waals surface area contributed by atoms with E-state index in [9.17, 15) is 0 Å². The Morgan fingerprint density at radius 1 is 1.32 bits per heavy atom. The molecule has 118 valence electrons. The van der Waals surface area contributed by atoms with Gasteiger partial charge in [-0.05, 0) is 22.9 Å². The highest BCUT2D eigenvalue weighted by Crippen LogP contribution is 2.25. The largest absolute Gasteiger partial charge is 0.353 e. The first kappa shape index (κ1) is 15.4. The molecule has 0 radical (unpaired) electrons. The summed E-state index contributed by atoms with van der Waals surface area (Å²) in [5, 5.41) is 3.98. The zero-order valence-corrected chi connectivity index (χ0v) is 14.3.